The second kappa shape index (κ2) is 8.29. The predicted molar refractivity (Wildman–Crippen MR) is 97.7 cm³/mol. The lowest BCUT2D eigenvalue weighted by atomic mass is 10.0. The summed E-state index contributed by atoms with van der Waals surface area (Å²) in [6.07, 6.45) is -0.794. The Balaban J connectivity index is 2.05. The van der Waals surface area contributed by atoms with Crippen molar-refractivity contribution in [3.05, 3.63) is 59.7 Å². The molecule has 2 aromatic rings. The first-order valence-electron chi connectivity index (χ1n) is 8.19. The quantitative estimate of drug-likeness (QED) is 0.742. The number of carboxylic acid groups (broad SMARTS) is 1. The minimum absolute atomic E-state index is 0.0862. The lowest BCUT2D eigenvalue weighted by Gasteiger charge is -2.16. The third kappa shape index (κ3) is 4.92. The number of nitrogens with one attached hydrogen (secondary N) is 1. The second-order valence-electron chi connectivity index (χ2n) is 6.02. The fraction of sp³-hybridized carbons (Fsp3) is 0.250. The van der Waals surface area contributed by atoms with Gasteiger partial charge in [0.25, 0.3) is 5.91 Å². The molecule has 0 aliphatic carbocycles. The van der Waals surface area contributed by atoms with E-state index in [0.717, 1.165) is 0 Å². The highest BCUT2D eigenvalue weighted by Crippen LogP contribution is 2.20. The summed E-state index contributed by atoms with van der Waals surface area (Å²) in [5.74, 6) is -1.64. The highest BCUT2D eigenvalue weighted by atomic mass is 16.5. The number of hydrogen-bond acceptors (Lipinski definition) is 4. The Morgan fingerprint density at radius 1 is 1.04 bits per heavy atom. The summed E-state index contributed by atoms with van der Waals surface area (Å²) in [4.78, 5) is 34.8. The number of Topliss-reactive ketones (excluding diaryl/α,β-unsaturated/α-hetero) is 1. The fourth-order valence-corrected chi connectivity index (χ4v) is 2.32. The van der Waals surface area contributed by atoms with Gasteiger partial charge in [-0.05, 0) is 50.6 Å². The van der Waals surface area contributed by atoms with Crippen LogP contribution in [0, 0.1) is 0 Å². The summed E-state index contributed by atoms with van der Waals surface area (Å²) in [5, 5.41) is 11.8. The first-order valence-corrected chi connectivity index (χ1v) is 8.19. The molecule has 2 unspecified atom stereocenters. The second-order valence-corrected chi connectivity index (χ2v) is 6.02. The number of anilines is 1. The summed E-state index contributed by atoms with van der Waals surface area (Å²) >= 11 is 0. The SMILES string of the molecule is CC(=O)c1cccc(OC(C)C(=O)Nc2cccc(C(C)C(=O)O)c2)c1. The van der Waals surface area contributed by atoms with Crippen LogP contribution in [0.4, 0.5) is 5.69 Å². The molecule has 2 rings (SSSR count). The third-order valence-corrected chi connectivity index (χ3v) is 3.95. The summed E-state index contributed by atoms with van der Waals surface area (Å²) in [5.41, 5.74) is 1.59. The topological polar surface area (TPSA) is 92.7 Å². The van der Waals surface area contributed by atoms with Crippen molar-refractivity contribution in [2.75, 3.05) is 5.32 Å². The van der Waals surface area contributed by atoms with Gasteiger partial charge >= 0.3 is 5.97 Å². The van der Waals surface area contributed by atoms with Crippen LogP contribution in [-0.2, 0) is 9.59 Å². The minimum atomic E-state index is -0.935. The van der Waals surface area contributed by atoms with E-state index in [1.165, 1.54) is 6.92 Å². The third-order valence-electron chi connectivity index (χ3n) is 3.95. The van der Waals surface area contributed by atoms with Gasteiger partial charge in [0.15, 0.2) is 11.9 Å². The number of carbonyl (C=O) groups is 3. The lowest BCUT2D eigenvalue weighted by Crippen LogP contribution is -2.30. The van der Waals surface area contributed by atoms with Gasteiger partial charge in [0, 0.05) is 11.3 Å². The van der Waals surface area contributed by atoms with Crippen LogP contribution in [0.15, 0.2) is 48.5 Å². The van der Waals surface area contributed by atoms with E-state index in [0.29, 0.717) is 22.6 Å². The van der Waals surface area contributed by atoms with E-state index in [9.17, 15) is 14.4 Å². The van der Waals surface area contributed by atoms with Gasteiger partial charge in [-0.1, -0.05) is 24.3 Å². The Bertz CT molecular complexity index is 830. The molecule has 6 heteroatoms. The molecule has 2 aromatic carbocycles. The Kier molecular flexibility index (Phi) is 6.11. The average molecular weight is 355 g/mol. The Labute approximate surface area is 151 Å². The molecule has 0 aliphatic heterocycles. The Morgan fingerprint density at radius 3 is 2.38 bits per heavy atom. The van der Waals surface area contributed by atoms with E-state index < -0.39 is 18.0 Å². The fourth-order valence-electron chi connectivity index (χ4n) is 2.32. The van der Waals surface area contributed by atoms with Crippen LogP contribution in [0.25, 0.3) is 0 Å². The van der Waals surface area contributed by atoms with E-state index in [-0.39, 0.29) is 11.7 Å². The van der Waals surface area contributed by atoms with Crippen molar-refractivity contribution in [2.24, 2.45) is 0 Å². The predicted octanol–water partition coefficient (Wildman–Crippen LogP) is 3.48. The van der Waals surface area contributed by atoms with Crippen LogP contribution in [0.3, 0.4) is 0 Å². The van der Waals surface area contributed by atoms with E-state index in [4.69, 9.17) is 9.84 Å². The smallest absolute Gasteiger partial charge is 0.310 e. The van der Waals surface area contributed by atoms with Gasteiger partial charge in [-0.15, -0.1) is 0 Å². The molecule has 0 aromatic heterocycles. The van der Waals surface area contributed by atoms with Gasteiger partial charge in [0.2, 0.25) is 0 Å². The van der Waals surface area contributed by atoms with E-state index in [2.05, 4.69) is 5.32 Å². The molecule has 26 heavy (non-hydrogen) atoms. The van der Waals surface area contributed by atoms with Crippen LogP contribution in [0.1, 0.15) is 42.6 Å². The van der Waals surface area contributed by atoms with Gasteiger partial charge in [-0.3, -0.25) is 14.4 Å². The highest BCUT2D eigenvalue weighted by Gasteiger charge is 2.17. The molecule has 0 aliphatic rings. The summed E-state index contributed by atoms with van der Waals surface area (Å²) in [7, 11) is 0. The average Bonchev–Trinajstić information content (AvgIpc) is 2.61. The zero-order valence-corrected chi connectivity index (χ0v) is 14.9. The zero-order valence-electron chi connectivity index (χ0n) is 14.9. The normalized spacial score (nSPS) is 12.7. The monoisotopic (exact) mass is 355 g/mol. The molecule has 136 valence electrons. The van der Waals surface area contributed by atoms with Crippen LogP contribution in [0.5, 0.6) is 5.75 Å². The molecular formula is C20H21NO5. The van der Waals surface area contributed by atoms with Crippen LogP contribution < -0.4 is 10.1 Å². The highest BCUT2D eigenvalue weighted by molar-refractivity contribution is 5.95. The molecule has 2 atom stereocenters. The largest absolute Gasteiger partial charge is 0.481 e. The summed E-state index contributed by atoms with van der Waals surface area (Å²) < 4.78 is 5.60. The van der Waals surface area contributed by atoms with Gasteiger partial charge in [-0.25, -0.2) is 0 Å². The maximum atomic E-state index is 12.3. The molecular weight excluding hydrogens is 334 g/mol. The van der Waals surface area contributed by atoms with E-state index in [1.54, 1.807) is 62.4 Å². The maximum Gasteiger partial charge on any atom is 0.310 e. The first-order chi connectivity index (χ1) is 12.3. The molecule has 0 saturated carbocycles. The molecule has 0 radical (unpaired) electrons. The number of carbonyl (C=O) groups excluding carboxylic acids is 2. The number of aliphatic carboxylic acids is 1. The molecule has 0 fully saturated rings. The Morgan fingerprint density at radius 2 is 1.73 bits per heavy atom. The summed E-state index contributed by atoms with van der Waals surface area (Å²) in [6, 6.07) is 13.3. The van der Waals surface area contributed by atoms with Crippen molar-refractivity contribution in [1.29, 1.82) is 0 Å². The molecule has 0 heterocycles. The van der Waals surface area contributed by atoms with E-state index in [1.807, 2.05) is 0 Å². The van der Waals surface area contributed by atoms with Gasteiger partial charge in [-0.2, -0.15) is 0 Å². The van der Waals surface area contributed by atoms with Crippen LogP contribution in [-0.4, -0.2) is 28.9 Å². The van der Waals surface area contributed by atoms with Crippen molar-refractivity contribution < 1.29 is 24.2 Å². The molecule has 0 bridgehead atoms. The summed E-state index contributed by atoms with van der Waals surface area (Å²) in [6.45, 7) is 4.64. The van der Waals surface area contributed by atoms with Crippen molar-refractivity contribution >= 4 is 23.3 Å². The number of amides is 1. The number of hydrogen-bond donors (Lipinski definition) is 2. The van der Waals surface area contributed by atoms with E-state index >= 15 is 0 Å². The molecule has 2 N–H and O–H groups in total. The number of rotatable bonds is 7. The van der Waals surface area contributed by atoms with Gasteiger partial charge in [0.1, 0.15) is 5.75 Å². The first kappa shape index (κ1) is 19.2. The number of ether oxygens (including phenoxy) is 1. The zero-order chi connectivity index (χ0) is 19.3. The maximum absolute atomic E-state index is 12.3. The van der Waals surface area contributed by atoms with Crippen molar-refractivity contribution in [3.8, 4) is 5.75 Å². The number of ketones is 1. The number of benzene rings is 2. The standard InChI is InChI=1S/C20H21NO5/c1-12(20(24)25)15-6-4-8-17(10-15)21-19(23)14(3)26-18-9-5-7-16(11-18)13(2)22/h4-12,14H,1-3H3,(H,21,23)(H,24,25). The minimum Gasteiger partial charge on any atom is -0.481 e. The van der Waals surface area contributed by atoms with Gasteiger partial charge < -0.3 is 15.2 Å². The van der Waals surface area contributed by atoms with Crippen molar-refractivity contribution in [2.45, 2.75) is 32.8 Å². The molecule has 0 spiro atoms. The molecule has 1 amide bonds. The lowest BCUT2D eigenvalue weighted by molar-refractivity contribution is -0.138. The van der Waals surface area contributed by atoms with Crippen molar-refractivity contribution in [1.82, 2.24) is 0 Å². The number of carboxylic acids is 1. The van der Waals surface area contributed by atoms with Crippen LogP contribution >= 0.6 is 0 Å². The van der Waals surface area contributed by atoms with Crippen LogP contribution in [0.2, 0.25) is 0 Å². The Hall–Kier alpha value is -3.15. The van der Waals surface area contributed by atoms with Crippen molar-refractivity contribution in [3.63, 3.8) is 0 Å². The molecule has 0 saturated heterocycles. The van der Waals surface area contributed by atoms with Gasteiger partial charge in [0.05, 0.1) is 5.92 Å². The molecule has 6 nitrogen and oxygen atoms in total.